The minimum absolute atomic E-state index is 0.0633. The SMILES string of the molecule is CN=C(NCCCN1CCCCCC1)NCc1cc2c(cc1OC(F)F)OCO2. The number of hydrogen-bond donors (Lipinski definition) is 2. The summed E-state index contributed by atoms with van der Waals surface area (Å²) in [6.45, 7) is 1.65. The second kappa shape index (κ2) is 11.0. The normalized spacial score (nSPS) is 17.3. The summed E-state index contributed by atoms with van der Waals surface area (Å²) < 4.78 is 40.7. The average Bonchev–Trinajstić information content (AvgIpc) is 2.99. The molecule has 1 saturated heterocycles. The van der Waals surface area contributed by atoms with Crippen LogP contribution in [0.15, 0.2) is 17.1 Å². The van der Waals surface area contributed by atoms with Crippen molar-refractivity contribution in [2.45, 2.75) is 45.3 Å². The summed E-state index contributed by atoms with van der Waals surface area (Å²) in [5.74, 6) is 1.60. The number of alkyl halides is 2. The van der Waals surface area contributed by atoms with Crippen LogP contribution in [0.1, 0.15) is 37.7 Å². The third-order valence-electron chi connectivity index (χ3n) is 5.08. The molecule has 0 spiro atoms. The van der Waals surface area contributed by atoms with E-state index in [1.54, 1.807) is 13.1 Å². The third kappa shape index (κ3) is 6.62. The molecule has 1 aromatic carbocycles. The standard InChI is InChI=1S/C20H30F2N4O3/c1-23-20(24-7-6-10-26-8-4-2-3-5-9-26)25-13-15-11-17-18(28-14-27-17)12-16(15)29-19(21)22/h11-12,19H,2-10,13-14H2,1H3,(H2,23,24,25). The van der Waals surface area contributed by atoms with Crippen LogP contribution in [0.2, 0.25) is 0 Å². The number of nitrogens with one attached hydrogen (secondary N) is 2. The lowest BCUT2D eigenvalue weighted by Gasteiger charge is -2.20. The van der Waals surface area contributed by atoms with Crippen molar-refractivity contribution in [3.05, 3.63) is 17.7 Å². The van der Waals surface area contributed by atoms with Gasteiger partial charge in [-0.2, -0.15) is 8.78 Å². The van der Waals surface area contributed by atoms with Crippen LogP contribution >= 0.6 is 0 Å². The molecule has 0 radical (unpaired) electrons. The topological polar surface area (TPSA) is 67.4 Å². The summed E-state index contributed by atoms with van der Waals surface area (Å²) in [7, 11) is 1.68. The van der Waals surface area contributed by atoms with Gasteiger partial charge < -0.3 is 29.7 Å². The lowest BCUT2D eigenvalue weighted by atomic mass is 10.1. The Morgan fingerprint density at radius 3 is 2.55 bits per heavy atom. The number of hydrogen-bond acceptors (Lipinski definition) is 5. The molecule has 0 unspecified atom stereocenters. The van der Waals surface area contributed by atoms with E-state index < -0.39 is 6.61 Å². The van der Waals surface area contributed by atoms with Crippen LogP contribution < -0.4 is 24.8 Å². The summed E-state index contributed by atoms with van der Waals surface area (Å²) in [6, 6.07) is 3.09. The largest absolute Gasteiger partial charge is 0.454 e. The van der Waals surface area contributed by atoms with Crippen molar-refractivity contribution in [2.24, 2.45) is 4.99 Å². The van der Waals surface area contributed by atoms with Gasteiger partial charge in [-0.1, -0.05) is 12.8 Å². The molecule has 9 heteroatoms. The van der Waals surface area contributed by atoms with E-state index in [1.165, 1.54) is 44.8 Å². The number of rotatable bonds is 8. The van der Waals surface area contributed by atoms with Gasteiger partial charge in [0.05, 0.1) is 0 Å². The first kappa shape index (κ1) is 21.4. The molecular weight excluding hydrogens is 382 g/mol. The minimum atomic E-state index is -2.91. The quantitative estimate of drug-likeness (QED) is 0.389. The Hall–Kier alpha value is -2.29. The van der Waals surface area contributed by atoms with Crippen molar-refractivity contribution >= 4 is 5.96 Å². The van der Waals surface area contributed by atoms with Crippen LogP contribution in [0.4, 0.5) is 8.78 Å². The summed E-state index contributed by atoms with van der Waals surface area (Å²) in [4.78, 5) is 6.72. The summed E-state index contributed by atoms with van der Waals surface area (Å²) in [5, 5.41) is 6.42. The molecule has 0 amide bonds. The maximum atomic E-state index is 12.7. The van der Waals surface area contributed by atoms with E-state index in [4.69, 9.17) is 9.47 Å². The van der Waals surface area contributed by atoms with E-state index in [-0.39, 0.29) is 19.1 Å². The van der Waals surface area contributed by atoms with Gasteiger partial charge >= 0.3 is 6.61 Å². The van der Waals surface area contributed by atoms with Crippen LogP contribution in [-0.2, 0) is 6.54 Å². The monoisotopic (exact) mass is 412 g/mol. The lowest BCUT2D eigenvalue weighted by molar-refractivity contribution is -0.0505. The molecule has 0 aliphatic carbocycles. The Morgan fingerprint density at radius 1 is 1.14 bits per heavy atom. The van der Waals surface area contributed by atoms with E-state index in [0.717, 1.165) is 19.5 Å². The van der Waals surface area contributed by atoms with Gasteiger partial charge in [-0.3, -0.25) is 4.99 Å². The van der Waals surface area contributed by atoms with Crippen LogP contribution in [0.25, 0.3) is 0 Å². The molecule has 0 aromatic heterocycles. The van der Waals surface area contributed by atoms with Crippen molar-refractivity contribution in [3.63, 3.8) is 0 Å². The number of nitrogens with zero attached hydrogens (tertiary/aromatic N) is 2. The molecule has 1 fully saturated rings. The number of guanidine groups is 1. The van der Waals surface area contributed by atoms with Crippen molar-refractivity contribution in [1.82, 2.24) is 15.5 Å². The molecule has 2 heterocycles. The first-order valence-electron chi connectivity index (χ1n) is 10.2. The summed E-state index contributed by atoms with van der Waals surface area (Å²) in [6.07, 6.45) is 6.26. The Morgan fingerprint density at radius 2 is 1.86 bits per heavy atom. The first-order valence-corrected chi connectivity index (χ1v) is 10.2. The van der Waals surface area contributed by atoms with E-state index in [0.29, 0.717) is 23.0 Å². The van der Waals surface area contributed by atoms with Gasteiger partial charge in [-0.25, -0.2) is 0 Å². The molecule has 3 rings (SSSR count). The maximum absolute atomic E-state index is 12.7. The second-order valence-electron chi connectivity index (χ2n) is 7.15. The highest BCUT2D eigenvalue weighted by Crippen LogP contribution is 2.38. The Balaban J connectivity index is 1.47. The highest BCUT2D eigenvalue weighted by atomic mass is 19.3. The highest BCUT2D eigenvalue weighted by molar-refractivity contribution is 5.79. The van der Waals surface area contributed by atoms with Crippen molar-refractivity contribution in [2.75, 3.05) is 40.0 Å². The third-order valence-corrected chi connectivity index (χ3v) is 5.08. The average molecular weight is 412 g/mol. The van der Waals surface area contributed by atoms with Crippen molar-refractivity contribution < 1.29 is 23.0 Å². The zero-order valence-corrected chi connectivity index (χ0v) is 16.9. The maximum Gasteiger partial charge on any atom is 0.387 e. The fourth-order valence-corrected chi connectivity index (χ4v) is 3.58. The minimum Gasteiger partial charge on any atom is -0.454 e. The lowest BCUT2D eigenvalue weighted by Crippen LogP contribution is -2.38. The number of benzene rings is 1. The van der Waals surface area contributed by atoms with Crippen molar-refractivity contribution in [1.29, 1.82) is 0 Å². The summed E-state index contributed by atoms with van der Waals surface area (Å²) in [5.41, 5.74) is 0.544. The molecule has 7 nitrogen and oxygen atoms in total. The fourth-order valence-electron chi connectivity index (χ4n) is 3.58. The van der Waals surface area contributed by atoms with E-state index in [1.807, 2.05) is 0 Å². The van der Waals surface area contributed by atoms with Crippen LogP contribution in [0.3, 0.4) is 0 Å². The Kier molecular flexibility index (Phi) is 8.15. The summed E-state index contributed by atoms with van der Waals surface area (Å²) >= 11 is 0. The molecule has 0 bridgehead atoms. The van der Waals surface area contributed by atoms with Gasteiger partial charge in [-0.05, 0) is 45.0 Å². The molecule has 2 aliphatic rings. The van der Waals surface area contributed by atoms with Gasteiger partial charge in [0.25, 0.3) is 0 Å². The molecule has 1 aromatic rings. The zero-order valence-electron chi connectivity index (χ0n) is 16.9. The highest BCUT2D eigenvalue weighted by Gasteiger charge is 2.20. The van der Waals surface area contributed by atoms with Crippen LogP contribution in [0.5, 0.6) is 17.2 Å². The number of fused-ring (bicyclic) bond motifs is 1. The first-order chi connectivity index (χ1) is 14.2. The van der Waals surface area contributed by atoms with E-state index in [9.17, 15) is 8.78 Å². The number of ether oxygens (including phenoxy) is 3. The Labute approximate surface area is 170 Å². The molecule has 2 aliphatic heterocycles. The van der Waals surface area contributed by atoms with Gasteiger partial charge in [0.15, 0.2) is 17.5 Å². The van der Waals surface area contributed by atoms with Crippen LogP contribution in [0, 0.1) is 0 Å². The smallest absolute Gasteiger partial charge is 0.387 e. The zero-order chi connectivity index (χ0) is 20.5. The number of aliphatic imine (C=N–C) groups is 1. The van der Waals surface area contributed by atoms with Gasteiger partial charge in [0, 0.05) is 31.8 Å². The van der Waals surface area contributed by atoms with Gasteiger partial charge in [0.1, 0.15) is 5.75 Å². The molecule has 2 N–H and O–H groups in total. The predicted octanol–water partition coefficient (Wildman–Crippen LogP) is 2.95. The number of halogens is 2. The van der Waals surface area contributed by atoms with Gasteiger partial charge in [-0.15, -0.1) is 0 Å². The number of likely N-dealkylation sites (tertiary alicyclic amines) is 1. The van der Waals surface area contributed by atoms with E-state index >= 15 is 0 Å². The Bertz CT molecular complexity index is 680. The molecule has 0 atom stereocenters. The predicted molar refractivity (Wildman–Crippen MR) is 107 cm³/mol. The molecule has 162 valence electrons. The molecule has 29 heavy (non-hydrogen) atoms. The molecule has 0 saturated carbocycles. The van der Waals surface area contributed by atoms with Crippen LogP contribution in [-0.4, -0.2) is 57.5 Å². The van der Waals surface area contributed by atoms with Gasteiger partial charge in [0.2, 0.25) is 6.79 Å². The fraction of sp³-hybridized carbons (Fsp3) is 0.650. The molecular formula is C20H30F2N4O3. The van der Waals surface area contributed by atoms with Crippen molar-refractivity contribution in [3.8, 4) is 17.2 Å². The van der Waals surface area contributed by atoms with E-state index in [2.05, 4.69) is 25.3 Å². The second-order valence-corrected chi connectivity index (χ2v) is 7.15.